The molecule has 0 saturated heterocycles. The predicted molar refractivity (Wildman–Crippen MR) is 157 cm³/mol. The lowest BCUT2D eigenvalue weighted by Crippen LogP contribution is -2.28. The summed E-state index contributed by atoms with van der Waals surface area (Å²) in [6.07, 6.45) is 0. The number of pyridine rings is 1. The number of benzene rings is 3. The molecule has 0 atom stereocenters. The molecule has 10 heteroatoms. The molecule has 0 fully saturated rings. The summed E-state index contributed by atoms with van der Waals surface area (Å²) in [6.45, 7) is 3.12. The van der Waals surface area contributed by atoms with Gasteiger partial charge in [-0.2, -0.15) is 0 Å². The molecule has 3 N–H and O–H groups in total. The van der Waals surface area contributed by atoms with Gasteiger partial charge in [0, 0.05) is 23.4 Å². The SMILES string of the molecule is COc1ccc(-c2cc(-c3ccc(C)cc3)c3c(N)c(C(=O)c4ccc(S(=O)(=O)NC(C)=O)cc4)sc3n2)cc1. The van der Waals surface area contributed by atoms with Gasteiger partial charge in [-0.05, 0) is 72.6 Å². The van der Waals surface area contributed by atoms with E-state index in [1.165, 1.54) is 35.6 Å². The number of carbonyl (C=O) groups is 2. The minimum Gasteiger partial charge on any atom is -0.497 e. The highest BCUT2D eigenvalue weighted by Gasteiger charge is 2.23. The van der Waals surface area contributed by atoms with E-state index < -0.39 is 15.9 Å². The zero-order valence-corrected chi connectivity index (χ0v) is 23.5. The number of hydrogen-bond donors (Lipinski definition) is 2. The zero-order chi connectivity index (χ0) is 28.6. The van der Waals surface area contributed by atoms with Gasteiger partial charge in [0.2, 0.25) is 11.7 Å². The molecule has 0 bridgehead atoms. The summed E-state index contributed by atoms with van der Waals surface area (Å²) in [5, 5.41) is 0.680. The van der Waals surface area contributed by atoms with Crippen molar-refractivity contribution in [2.45, 2.75) is 18.7 Å². The minimum absolute atomic E-state index is 0.129. The monoisotopic (exact) mass is 571 g/mol. The minimum atomic E-state index is -4.02. The van der Waals surface area contributed by atoms with Crippen LogP contribution in [0, 0.1) is 6.92 Å². The van der Waals surface area contributed by atoms with Crippen molar-refractivity contribution in [3.63, 3.8) is 0 Å². The fourth-order valence-corrected chi connectivity index (χ4v) is 6.40. The number of nitrogens with two attached hydrogens (primary N) is 1. The Morgan fingerprint density at radius 1 is 0.925 bits per heavy atom. The zero-order valence-electron chi connectivity index (χ0n) is 21.9. The van der Waals surface area contributed by atoms with Gasteiger partial charge in [-0.3, -0.25) is 9.59 Å². The number of ketones is 1. The summed E-state index contributed by atoms with van der Waals surface area (Å²) in [5.41, 5.74) is 11.7. The molecule has 2 heterocycles. The highest BCUT2D eigenvalue weighted by Crippen LogP contribution is 2.42. The van der Waals surface area contributed by atoms with Crippen LogP contribution in [0.25, 0.3) is 32.6 Å². The van der Waals surface area contributed by atoms with E-state index in [1.807, 2.05) is 66.2 Å². The largest absolute Gasteiger partial charge is 0.497 e. The normalized spacial score (nSPS) is 11.4. The highest BCUT2D eigenvalue weighted by molar-refractivity contribution is 7.90. The van der Waals surface area contributed by atoms with Crippen LogP contribution >= 0.6 is 11.3 Å². The Balaban J connectivity index is 1.62. The number of nitrogens with zero attached hydrogens (tertiary/aromatic N) is 1. The van der Waals surface area contributed by atoms with Crippen LogP contribution in [0.15, 0.2) is 83.8 Å². The number of amides is 1. The molecule has 2 aromatic heterocycles. The summed E-state index contributed by atoms with van der Waals surface area (Å²) in [5.74, 6) is -0.332. The Morgan fingerprint density at radius 3 is 2.15 bits per heavy atom. The van der Waals surface area contributed by atoms with Gasteiger partial charge in [-0.1, -0.05) is 29.8 Å². The molecule has 0 saturated carbocycles. The van der Waals surface area contributed by atoms with Gasteiger partial charge in [0.05, 0.1) is 23.4 Å². The average molecular weight is 572 g/mol. The van der Waals surface area contributed by atoms with Crippen LogP contribution in [-0.4, -0.2) is 32.2 Å². The Hall–Kier alpha value is -4.54. The molecular weight excluding hydrogens is 546 g/mol. The number of hydrogen-bond acceptors (Lipinski definition) is 8. The standard InChI is InChI=1S/C30H25N3O5S2/c1-17-4-6-19(7-5-17)24-16-25(20-8-12-22(38-3)13-9-20)32-30-26(24)27(31)29(39-30)28(35)21-10-14-23(15-11-21)40(36,37)33-18(2)34/h4-16H,31H2,1-3H3,(H,33,34). The van der Waals surface area contributed by atoms with Crippen LogP contribution < -0.4 is 15.2 Å². The van der Waals surface area contributed by atoms with E-state index in [2.05, 4.69) is 0 Å². The Kier molecular flexibility index (Phi) is 7.14. The smallest absolute Gasteiger partial charge is 0.264 e. The van der Waals surface area contributed by atoms with E-state index in [1.54, 1.807) is 7.11 Å². The first-order chi connectivity index (χ1) is 19.1. The van der Waals surface area contributed by atoms with Crippen LogP contribution in [0.5, 0.6) is 5.75 Å². The van der Waals surface area contributed by atoms with Crippen LogP contribution in [0.2, 0.25) is 0 Å². The summed E-state index contributed by atoms with van der Waals surface area (Å²) in [6, 6.07) is 22.9. The van der Waals surface area contributed by atoms with Crippen molar-refractivity contribution >= 4 is 49.0 Å². The molecule has 0 spiro atoms. The highest BCUT2D eigenvalue weighted by atomic mass is 32.2. The molecule has 8 nitrogen and oxygen atoms in total. The second-order valence-electron chi connectivity index (χ2n) is 9.19. The second kappa shape index (κ2) is 10.6. The average Bonchev–Trinajstić information content (AvgIpc) is 3.28. The maximum absolute atomic E-state index is 13.6. The van der Waals surface area contributed by atoms with Gasteiger partial charge in [-0.25, -0.2) is 18.1 Å². The summed E-state index contributed by atoms with van der Waals surface area (Å²) in [7, 11) is -2.41. The second-order valence-corrected chi connectivity index (χ2v) is 11.9. The predicted octanol–water partition coefficient (Wildman–Crippen LogP) is 5.59. The van der Waals surface area contributed by atoms with Crippen LogP contribution in [0.1, 0.15) is 27.7 Å². The molecule has 3 aromatic carbocycles. The molecule has 5 aromatic rings. The van der Waals surface area contributed by atoms with Crippen molar-refractivity contribution in [2.75, 3.05) is 12.8 Å². The first-order valence-electron chi connectivity index (χ1n) is 12.2. The quantitative estimate of drug-likeness (QED) is 0.244. The summed E-state index contributed by atoms with van der Waals surface area (Å²) < 4.78 is 31.8. The van der Waals surface area contributed by atoms with Crippen LogP contribution in [0.4, 0.5) is 5.69 Å². The van der Waals surface area contributed by atoms with Crippen molar-refractivity contribution in [3.8, 4) is 28.1 Å². The van der Waals surface area contributed by atoms with E-state index in [4.69, 9.17) is 15.5 Å². The molecule has 0 radical (unpaired) electrons. The van der Waals surface area contributed by atoms with Gasteiger partial charge in [0.25, 0.3) is 10.0 Å². The number of aromatic nitrogens is 1. The Morgan fingerprint density at radius 2 is 1.55 bits per heavy atom. The molecule has 40 heavy (non-hydrogen) atoms. The van der Waals surface area contributed by atoms with Crippen LogP contribution in [-0.2, 0) is 14.8 Å². The van der Waals surface area contributed by atoms with Crippen LogP contribution in [0.3, 0.4) is 0 Å². The number of anilines is 1. The van der Waals surface area contributed by atoms with Gasteiger partial charge < -0.3 is 10.5 Å². The summed E-state index contributed by atoms with van der Waals surface area (Å²) >= 11 is 1.19. The number of fused-ring (bicyclic) bond motifs is 1. The van der Waals surface area contributed by atoms with E-state index in [0.29, 0.717) is 20.8 Å². The Labute approximate surface area is 235 Å². The summed E-state index contributed by atoms with van der Waals surface area (Å²) in [4.78, 5) is 30.4. The molecular formula is C30H25N3O5S2. The maximum atomic E-state index is 13.6. The third-order valence-electron chi connectivity index (χ3n) is 6.36. The van der Waals surface area contributed by atoms with Gasteiger partial charge >= 0.3 is 0 Å². The number of carbonyl (C=O) groups excluding carboxylic acids is 2. The van der Waals surface area contributed by atoms with Crippen molar-refractivity contribution in [2.24, 2.45) is 0 Å². The van der Waals surface area contributed by atoms with Gasteiger partial charge in [-0.15, -0.1) is 11.3 Å². The lowest BCUT2D eigenvalue weighted by molar-refractivity contribution is -0.117. The first kappa shape index (κ1) is 27.0. The molecule has 202 valence electrons. The number of thiophene rings is 1. The maximum Gasteiger partial charge on any atom is 0.264 e. The van der Waals surface area contributed by atoms with E-state index in [0.717, 1.165) is 40.6 Å². The number of aryl methyl sites for hydroxylation is 1. The molecule has 0 unspecified atom stereocenters. The van der Waals surface area contributed by atoms with Crippen molar-refractivity contribution < 1.29 is 22.7 Å². The number of nitrogens with one attached hydrogen (secondary N) is 1. The fourth-order valence-electron chi connectivity index (χ4n) is 4.32. The third kappa shape index (κ3) is 5.18. The van der Waals surface area contributed by atoms with Crippen molar-refractivity contribution in [3.05, 3.63) is 94.9 Å². The Bertz CT molecular complexity index is 1860. The number of sulfonamides is 1. The molecule has 0 aliphatic heterocycles. The molecule has 0 aliphatic rings. The fraction of sp³-hybridized carbons (Fsp3) is 0.100. The van der Waals surface area contributed by atoms with Crippen molar-refractivity contribution in [1.29, 1.82) is 0 Å². The molecule has 1 amide bonds. The topological polar surface area (TPSA) is 128 Å². The molecule has 5 rings (SSSR count). The molecule has 0 aliphatic carbocycles. The van der Waals surface area contributed by atoms with Crippen molar-refractivity contribution in [1.82, 2.24) is 9.71 Å². The van der Waals surface area contributed by atoms with E-state index >= 15 is 0 Å². The van der Waals surface area contributed by atoms with E-state index in [-0.39, 0.29) is 16.2 Å². The van der Waals surface area contributed by atoms with Gasteiger partial charge in [0.1, 0.15) is 15.5 Å². The third-order valence-corrected chi connectivity index (χ3v) is 8.91. The first-order valence-corrected chi connectivity index (χ1v) is 14.5. The number of methoxy groups -OCH3 is 1. The number of nitrogen functional groups attached to an aromatic ring is 1. The number of rotatable bonds is 7. The number of ether oxygens (including phenoxy) is 1. The lowest BCUT2D eigenvalue weighted by atomic mass is 9.98. The van der Waals surface area contributed by atoms with E-state index in [9.17, 15) is 18.0 Å². The lowest BCUT2D eigenvalue weighted by Gasteiger charge is -2.10. The van der Waals surface area contributed by atoms with Gasteiger partial charge in [0.15, 0.2) is 0 Å².